The summed E-state index contributed by atoms with van der Waals surface area (Å²) in [6.45, 7) is 6.13. The number of nitrogens with zero attached hydrogens (tertiary/aromatic N) is 1. The largest absolute Gasteiger partial charge is 0.497 e. The number of aliphatic hydroxyl groups excluding tert-OH is 1. The number of ether oxygens (including phenoxy) is 2. The molecule has 2 atom stereocenters. The Morgan fingerprint density at radius 3 is 2.10 bits per heavy atom. The molecule has 0 unspecified atom stereocenters. The van der Waals surface area contributed by atoms with E-state index in [1.807, 2.05) is 92.7 Å². The molecule has 4 aromatic carbocycles. The van der Waals surface area contributed by atoms with Gasteiger partial charge in [-0.15, -0.1) is 0 Å². The first kappa shape index (κ1) is 37.6. The molecule has 0 heterocycles. The maximum absolute atomic E-state index is 13.8. The number of hydrogen-bond donors (Lipinski definition) is 4. The Bertz CT molecular complexity index is 1690. The van der Waals surface area contributed by atoms with Gasteiger partial charge in [-0.25, -0.2) is 0 Å². The van der Waals surface area contributed by atoms with E-state index in [2.05, 4.69) is 10.6 Å². The standard InChI is InChI=1S/C40H48N4O6/c1-4-18-44(19-5-2)40(48)33-23-31(38(41)46)22-32(24-33)39(47)43-36(37(45)26-42-25-30-12-9-13-35(20-30)49-3)21-28-14-16-34(17-15-28)50-27-29-10-7-6-8-11-29/h6-17,20,22-24,36-37,42,45H,4-5,18-19,21,25-27H2,1-3H3,(H2,41,46)(H,43,47)/t36-,37+/m0/s1. The first-order valence-corrected chi connectivity index (χ1v) is 17.0. The number of methoxy groups -OCH3 is 1. The second-order valence-corrected chi connectivity index (χ2v) is 12.2. The SMILES string of the molecule is CCCN(CCC)C(=O)c1cc(C(N)=O)cc(C(=O)N[C@@H](Cc2ccc(OCc3ccccc3)cc2)[C@H](O)CNCc2cccc(OC)c2)c1. The number of carbonyl (C=O) groups excluding carboxylic acids is 3. The van der Waals surface area contributed by atoms with Crippen LogP contribution < -0.4 is 25.8 Å². The van der Waals surface area contributed by atoms with Crippen molar-refractivity contribution in [2.75, 3.05) is 26.7 Å². The van der Waals surface area contributed by atoms with E-state index < -0.39 is 24.0 Å². The molecule has 4 rings (SSSR count). The summed E-state index contributed by atoms with van der Waals surface area (Å²) in [4.78, 5) is 41.2. The summed E-state index contributed by atoms with van der Waals surface area (Å²) in [6.07, 6.45) is 0.832. The van der Waals surface area contributed by atoms with Gasteiger partial charge < -0.3 is 35.8 Å². The lowest BCUT2D eigenvalue weighted by atomic mass is 9.99. The van der Waals surface area contributed by atoms with Crippen LogP contribution in [0.2, 0.25) is 0 Å². The lowest BCUT2D eigenvalue weighted by molar-refractivity contribution is 0.0755. The van der Waals surface area contributed by atoms with E-state index in [9.17, 15) is 19.5 Å². The lowest BCUT2D eigenvalue weighted by Gasteiger charge is -2.25. The Balaban J connectivity index is 1.54. The summed E-state index contributed by atoms with van der Waals surface area (Å²) in [5.74, 6) is -0.147. The van der Waals surface area contributed by atoms with E-state index in [1.54, 1.807) is 12.0 Å². The van der Waals surface area contributed by atoms with Crippen LogP contribution in [-0.4, -0.2) is 66.6 Å². The topological polar surface area (TPSA) is 143 Å². The molecule has 0 radical (unpaired) electrons. The van der Waals surface area contributed by atoms with Gasteiger partial charge in [-0.1, -0.05) is 68.4 Å². The minimum Gasteiger partial charge on any atom is -0.497 e. The third kappa shape index (κ3) is 11.2. The van der Waals surface area contributed by atoms with Crippen LogP contribution in [0.3, 0.4) is 0 Å². The van der Waals surface area contributed by atoms with Crippen LogP contribution >= 0.6 is 0 Å². The Hall–Kier alpha value is -5.19. The van der Waals surface area contributed by atoms with Crippen molar-refractivity contribution in [3.63, 3.8) is 0 Å². The van der Waals surface area contributed by atoms with Gasteiger partial charge in [0.15, 0.2) is 0 Å². The molecular weight excluding hydrogens is 632 g/mol. The third-order valence-electron chi connectivity index (χ3n) is 8.23. The molecule has 264 valence electrons. The number of amides is 3. The van der Waals surface area contributed by atoms with Crippen molar-refractivity contribution in [3.05, 3.63) is 130 Å². The molecule has 0 fully saturated rings. The normalized spacial score (nSPS) is 12.1. The van der Waals surface area contributed by atoms with Gasteiger partial charge in [-0.2, -0.15) is 0 Å². The zero-order valence-electron chi connectivity index (χ0n) is 29.1. The molecule has 10 nitrogen and oxygen atoms in total. The van der Waals surface area contributed by atoms with Gasteiger partial charge in [0.25, 0.3) is 11.8 Å². The highest BCUT2D eigenvalue weighted by Crippen LogP contribution is 2.19. The van der Waals surface area contributed by atoms with Crippen LogP contribution in [0.4, 0.5) is 0 Å². The summed E-state index contributed by atoms with van der Waals surface area (Å²) >= 11 is 0. The molecule has 5 N–H and O–H groups in total. The molecule has 50 heavy (non-hydrogen) atoms. The van der Waals surface area contributed by atoms with Gasteiger partial charge in [0.05, 0.1) is 19.3 Å². The third-order valence-corrected chi connectivity index (χ3v) is 8.23. The van der Waals surface area contributed by atoms with Crippen molar-refractivity contribution in [1.82, 2.24) is 15.5 Å². The van der Waals surface area contributed by atoms with Crippen LogP contribution in [0.1, 0.15) is 74.5 Å². The maximum Gasteiger partial charge on any atom is 0.253 e. The molecule has 10 heteroatoms. The van der Waals surface area contributed by atoms with Gasteiger partial charge in [0, 0.05) is 42.9 Å². The first-order valence-electron chi connectivity index (χ1n) is 17.0. The molecule has 0 spiro atoms. The van der Waals surface area contributed by atoms with Crippen molar-refractivity contribution in [3.8, 4) is 11.5 Å². The average Bonchev–Trinajstić information content (AvgIpc) is 3.14. The Morgan fingerprint density at radius 2 is 1.44 bits per heavy atom. The van der Waals surface area contributed by atoms with Crippen LogP contribution in [0.15, 0.2) is 97.1 Å². The molecule has 0 aliphatic carbocycles. The summed E-state index contributed by atoms with van der Waals surface area (Å²) < 4.78 is 11.3. The summed E-state index contributed by atoms with van der Waals surface area (Å²) in [6, 6.07) is 28.6. The fourth-order valence-corrected chi connectivity index (χ4v) is 5.60. The Labute approximate surface area is 294 Å². The average molecular weight is 681 g/mol. The molecule has 0 aliphatic rings. The van der Waals surface area contributed by atoms with E-state index in [-0.39, 0.29) is 29.1 Å². The van der Waals surface area contributed by atoms with Crippen molar-refractivity contribution in [2.24, 2.45) is 5.73 Å². The maximum atomic E-state index is 13.8. The van der Waals surface area contributed by atoms with E-state index in [1.165, 1.54) is 18.2 Å². The molecule has 0 aliphatic heterocycles. The molecule has 0 bridgehead atoms. The van der Waals surface area contributed by atoms with Crippen LogP contribution in [0.5, 0.6) is 11.5 Å². The molecule has 3 amide bonds. The monoisotopic (exact) mass is 680 g/mol. The molecule has 0 saturated carbocycles. The van der Waals surface area contributed by atoms with Gasteiger partial charge in [-0.05, 0) is 78.4 Å². The number of primary amides is 1. The zero-order chi connectivity index (χ0) is 35.9. The number of benzene rings is 4. The summed E-state index contributed by atoms with van der Waals surface area (Å²) in [7, 11) is 1.61. The quantitative estimate of drug-likeness (QED) is 0.108. The molecule has 0 saturated heterocycles. The molecular formula is C40H48N4O6. The van der Waals surface area contributed by atoms with Crippen molar-refractivity contribution in [1.29, 1.82) is 0 Å². The van der Waals surface area contributed by atoms with Crippen LogP contribution in [0.25, 0.3) is 0 Å². The van der Waals surface area contributed by atoms with Crippen molar-refractivity contribution >= 4 is 17.7 Å². The van der Waals surface area contributed by atoms with E-state index >= 15 is 0 Å². The van der Waals surface area contributed by atoms with E-state index in [4.69, 9.17) is 15.2 Å². The Kier molecular flexibility index (Phi) is 14.4. The Morgan fingerprint density at radius 1 is 0.780 bits per heavy atom. The van der Waals surface area contributed by atoms with Gasteiger partial charge in [-0.3, -0.25) is 14.4 Å². The number of nitrogens with one attached hydrogen (secondary N) is 2. The first-order chi connectivity index (χ1) is 24.2. The number of rotatable bonds is 19. The highest BCUT2D eigenvalue weighted by molar-refractivity contribution is 6.04. The number of nitrogens with two attached hydrogens (primary N) is 1. The van der Waals surface area contributed by atoms with Gasteiger partial charge in [0.2, 0.25) is 5.91 Å². The fourth-order valence-electron chi connectivity index (χ4n) is 5.60. The minimum atomic E-state index is -0.997. The number of hydrogen-bond acceptors (Lipinski definition) is 7. The highest BCUT2D eigenvalue weighted by atomic mass is 16.5. The highest BCUT2D eigenvalue weighted by Gasteiger charge is 2.25. The second kappa shape index (κ2) is 19.1. The van der Waals surface area contributed by atoms with Crippen LogP contribution in [-0.2, 0) is 19.6 Å². The predicted octanol–water partition coefficient (Wildman–Crippen LogP) is 5.13. The summed E-state index contributed by atoms with van der Waals surface area (Å²) in [5, 5.41) is 17.7. The molecule has 4 aromatic rings. The number of carbonyl (C=O) groups is 3. The van der Waals surface area contributed by atoms with Gasteiger partial charge >= 0.3 is 0 Å². The fraction of sp³-hybridized carbons (Fsp3) is 0.325. The van der Waals surface area contributed by atoms with Crippen LogP contribution in [0, 0.1) is 0 Å². The zero-order valence-corrected chi connectivity index (χ0v) is 29.1. The van der Waals surface area contributed by atoms with Crippen molar-refractivity contribution in [2.45, 2.75) is 58.4 Å². The predicted molar refractivity (Wildman–Crippen MR) is 194 cm³/mol. The van der Waals surface area contributed by atoms with Crippen molar-refractivity contribution < 1.29 is 29.0 Å². The van der Waals surface area contributed by atoms with E-state index in [0.29, 0.717) is 38.4 Å². The lowest BCUT2D eigenvalue weighted by Crippen LogP contribution is -2.48. The number of aliphatic hydroxyl groups is 1. The second-order valence-electron chi connectivity index (χ2n) is 12.2. The molecule has 0 aromatic heterocycles. The van der Waals surface area contributed by atoms with Gasteiger partial charge in [0.1, 0.15) is 18.1 Å². The smallest absolute Gasteiger partial charge is 0.253 e. The van der Waals surface area contributed by atoms with E-state index in [0.717, 1.165) is 35.3 Å². The minimum absolute atomic E-state index is 0.0529. The summed E-state index contributed by atoms with van der Waals surface area (Å²) in [5.41, 5.74) is 8.88.